The Kier molecular flexibility index (Phi) is 5.69. The molecule has 0 aliphatic heterocycles. The Morgan fingerprint density at radius 3 is 2.93 bits per heavy atom. The first-order valence-electron chi connectivity index (χ1n) is 3.74. The zero-order chi connectivity index (χ0) is 9.26. The molecule has 2 rings (SSSR count). The number of fused-ring (bicyclic) bond motifs is 1. The summed E-state index contributed by atoms with van der Waals surface area (Å²) in [5.41, 5.74) is 1.14. The van der Waals surface area contributed by atoms with E-state index in [0.29, 0.717) is 11.1 Å². The largest absolute Gasteiger partial charge is 0.475 e. The van der Waals surface area contributed by atoms with E-state index in [1.54, 1.807) is 18.3 Å². The van der Waals surface area contributed by atoms with Crippen LogP contribution in [0.2, 0.25) is 0 Å². The first kappa shape index (κ1) is 14.3. The van der Waals surface area contributed by atoms with Crippen molar-refractivity contribution in [2.45, 2.75) is 0 Å². The number of hydrogen-bond acceptors (Lipinski definition) is 3. The van der Waals surface area contributed by atoms with Crippen LogP contribution in [-0.4, -0.2) is 23.3 Å². The molecular weight excluding hydrogens is 269 g/mol. The minimum absolute atomic E-state index is 0. The van der Waals surface area contributed by atoms with E-state index in [4.69, 9.17) is 0 Å². The Hall–Kier alpha value is -0.736. The predicted molar refractivity (Wildman–Crippen MR) is 52.7 cm³/mol. The molecule has 0 aliphatic rings. The number of H-pyrrole nitrogens is 1. The molecule has 4 nitrogen and oxygen atoms in total. The molecule has 0 aliphatic carbocycles. The number of esters is 1. The van der Waals surface area contributed by atoms with Gasteiger partial charge in [0.2, 0.25) is 0 Å². The molecule has 0 fully saturated rings. The Morgan fingerprint density at radius 2 is 2.27 bits per heavy atom. The number of methoxy groups -OCH3 is 1. The maximum absolute atomic E-state index is 11.2. The van der Waals surface area contributed by atoms with Crippen molar-refractivity contribution >= 4 is 16.9 Å². The number of benzene rings is 1. The molecule has 0 atom stereocenters. The van der Waals surface area contributed by atoms with Crippen molar-refractivity contribution in [1.29, 1.82) is 0 Å². The van der Waals surface area contributed by atoms with Crippen molar-refractivity contribution in [2.75, 3.05) is 7.11 Å². The fourth-order valence-electron chi connectivity index (χ4n) is 1.18. The number of carbonyl (C=O) groups is 1. The molecule has 2 aromatic rings. The van der Waals surface area contributed by atoms with Gasteiger partial charge in [0.05, 0.1) is 7.11 Å². The van der Waals surface area contributed by atoms with E-state index < -0.39 is 0 Å². The number of hydrogen-bond donors (Lipinski definition) is 1. The molecule has 0 unspecified atom stereocenters. The van der Waals surface area contributed by atoms with Crippen LogP contribution in [0.15, 0.2) is 18.3 Å². The number of nitrogens with one attached hydrogen (secondary N) is 1. The maximum Gasteiger partial charge on any atom is 0.282 e. The van der Waals surface area contributed by atoms with Gasteiger partial charge >= 0.3 is 0 Å². The van der Waals surface area contributed by atoms with Crippen molar-refractivity contribution in [3.05, 3.63) is 37.4 Å². The quantitative estimate of drug-likeness (QED) is 0.637. The monoisotopic (exact) mass is 279 g/mol. The van der Waals surface area contributed by atoms with E-state index in [2.05, 4.69) is 21.0 Å². The molecule has 0 bridgehead atoms. The van der Waals surface area contributed by atoms with E-state index in [9.17, 15) is 4.79 Å². The third-order valence-electron chi connectivity index (χ3n) is 1.81. The van der Waals surface area contributed by atoms with Crippen LogP contribution in [0.1, 0.15) is 10.4 Å². The summed E-state index contributed by atoms with van der Waals surface area (Å²) < 4.78 is 4.61. The van der Waals surface area contributed by atoms with Crippen LogP contribution in [0.3, 0.4) is 0 Å². The average Bonchev–Trinajstić information content (AvgIpc) is 2.63. The molecule has 0 spiro atoms. The van der Waals surface area contributed by atoms with Gasteiger partial charge in [0.1, 0.15) is 0 Å². The fourth-order valence-corrected chi connectivity index (χ4v) is 1.18. The standard InChI is InChI=1S/C9H7N2O2.CH3.Y/c1-13-9(12)7-4-2-3-6-5-10-11-8(6)7;;/h3-5H,1H3,(H,10,11);1H3;/q2*-1;. The summed E-state index contributed by atoms with van der Waals surface area (Å²) in [5, 5.41) is 7.41. The van der Waals surface area contributed by atoms with Gasteiger partial charge in [-0.05, 0) is 11.1 Å². The first-order valence-corrected chi connectivity index (χ1v) is 3.74. The molecule has 1 N–H and O–H groups in total. The van der Waals surface area contributed by atoms with Gasteiger partial charge in [-0.2, -0.15) is 23.3 Å². The number of carbonyl (C=O) groups excluding carboxylic acids is 1. The smallest absolute Gasteiger partial charge is 0.282 e. The van der Waals surface area contributed by atoms with Crippen LogP contribution >= 0.6 is 0 Å². The van der Waals surface area contributed by atoms with Crippen LogP contribution in [0.5, 0.6) is 0 Å². The van der Waals surface area contributed by atoms with Gasteiger partial charge in [-0.1, -0.05) is 5.39 Å². The molecule has 0 amide bonds. The molecule has 0 saturated heterocycles. The molecule has 1 radical (unpaired) electrons. The van der Waals surface area contributed by atoms with E-state index in [-0.39, 0.29) is 46.1 Å². The number of nitrogens with zero attached hydrogens (tertiary/aromatic N) is 1. The number of aromatic amines is 1. The second-order valence-corrected chi connectivity index (χ2v) is 2.56. The molecule has 15 heavy (non-hydrogen) atoms. The van der Waals surface area contributed by atoms with E-state index in [0.717, 1.165) is 5.39 Å². The van der Waals surface area contributed by atoms with Gasteiger partial charge in [-0.15, -0.1) is 0 Å². The van der Waals surface area contributed by atoms with Crippen molar-refractivity contribution in [2.24, 2.45) is 0 Å². The van der Waals surface area contributed by atoms with Gasteiger partial charge in [-0.3, -0.25) is 4.79 Å². The van der Waals surface area contributed by atoms with Crippen LogP contribution in [-0.2, 0) is 37.4 Å². The summed E-state index contributed by atoms with van der Waals surface area (Å²) >= 11 is 0. The van der Waals surface area contributed by atoms with Gasteiger partial charge < -0.3 is 17.3 Å². The normalized spacial score (nSPS) is 8.87. The summed E-state index contributed by atoms with van der Waals surface area (Å²) in [5.74, 6) is -0.383. The van der Waals surface area contributed by atoms with Crippen molar-refractivity contribution in [3.8, 4) is 0 Å². The zero-order valence-electron chi connectivity index (χ0n) is 8.57. The fraction of sp³-hybridized carbons (Fsp3) is 0.100. The number of ether oxygens (including phenoxy) is 1. The van der Waals surface area contributed by atoms with Crippen LogP contribution < -0.4 is 0 Å². The summed E-state index contributed by atoms with van der Waals surface area (Å²) in [6.45, 7) is 0. The van der Waals surface area contributed by atoms with Crippen LogP contribution in [0.25, 0.3) is 10.9 Å². The molecule has 77 valence electrons. The third-order valence-corrected chi connectivity index (χ3v) is 1.81. The van der Waals surface area contributed by atoms with Gasteiger partial charge in [0.15, 0.2) is 0 Å². The molecule has 1 heterocycles. The van der Waals surface area contributed by atoms with Gasteiger partial charge in [0.25, 0.3) is 5.97 Å². The molecule has 1 aromatic heterocycles. The first-order chi connectivity index (χ1) is 6.33. The second-order valence-electron chi connectivity index (χ2n) is 2.56. The summed E-state index contributed by atoms with van der Waals surface area (Å²) in [4.78, 5) is 11.2. The van der Waals surface area contributed by atoms with Crippen molar-refractivity contribution in [3.63, 3.8) is 0 Å². The van der Waals surface area contributed by atoms with E-state index in [1.165, 1.54) is 7.11 Å². The van der Waals surface area contributed by atoms with E-state index >= 15 is 0 Å². The predicted octanol–water partition coefficient (Wildman–Crippen LogP) is 1.60. The Morgan fingerprint density at radius 1 is 1.53 bits per heavy atom. The maximum atomic E-state index is 11.2. The molecular formula is C10H10N2O2Y-2. The number of rotatable bonds is 1. The van der Waals surface area contributed by atoms with Gasteiger partial charge in [-0.25, -0.2) is 0 Å². The third kappa shape index (κ3) is 2.64. The second kappa shape index (κ2) is 5.98. The number of aromatic nitrogens is 2. The van der Waals surface area contributed by atoms with Gasteiger partial charge in [0, 0.05) is 38.9 Å². The Labute approximate surface area is 113 Å². The van der Waals surface area contributed by atoms with Crippen molar-refractivity contribution in [1.82, 2.24) is 10.2 Å². The SMILES string of the molecule is COC(=O)c1c[c-]cc2cn[nH]c12.[CH3-].[Y]. The minimum Gasteiger partial charge on any atom is -0.475 e. The average molecular weight is 279 g/mol. The summed E-state index contributed by atoms with van der Waals surface area (Å²) in [6.07, 6.45) is 1.64. The van der Waals surface area contributed by atoms with E-state index in [1.807, 2.05) is 0 Å². The summed E-state index contributed by atoms with van der Waals surface area (Å²) in [6, 6.07) is 6.18. The molecule has 0 saturated carbocycles. The van der Waals surface area contributed by atoms with Crippen LogP contribution in [0.4, 0.5) is 0 Å². The Balaban J connectivity index is 0.000000980. The summed E-state index contributed by atoms with van der Waals surface area (Å²) in [7, 11) is 1.34. The molecule has 1 aromatic carbocycles. The minimum atomic E-state index is -0.383. The zero-order valence-corrected chi connectivity index (χ0v) is 11.4. The Bertz CT molecular complexity index is 453. The van der Waals surface area contributed by atoms with Crippen LogP contribution in [0, 0.1) is 13.5 Å². The molecule has 5 heteroatoms. The topological polar surface area (TPSA) is 55.0 Å². The van der Waals surface area contributed by atoms with Crippen molar-refractivity contribution < 1.29 is 42.2 Å².